The minimum absolute atomic E-state index is 0.0281. The third kappa shape index (κ3) is 3.71. The van der Waals surface area contributed by atoms with Crippen molar-refractivity contribution < 1.29 is 9.53 Å². The lowest BCUT2D eigenvalue weighted by Crippen LogP contribution is -2.15. The Morgan fingerprint density at radius 1 is 1.21 bits per heavy atom. The number of aryl methyl sites for hydroxylation is 3. The van der Waals surface area contributed by atoms with Gasteiger partial charge in [-0.15, -0.1) is 0 Å². The van der Waals surface area contributed by atoms with E-state index < -0.39 is 0 Å². The summed E-state index contributed by atoms with van der Waals surface area (Å²) in [4.78, 5) is 34.0. The summed E-state index contributed by atoms with van der Waals surface area (Å²) in [5.74, 6) is 2.18. The lowest BCUT2D eigenvalue weighted by Gasteiger charge is -2.15. The zero-order valence-corrected chi connectivity index (χ0v) is 18.8. The van der Waals surface area contributed by atoms with Gasteiger partial charge in [-0.3, -0.25) is 19.4 Å². The number of methoxy groups -OCH3 is 1. The number of nitrogens with one attached hydrogen (secondary N) is 3. The first-order valence-electron chi connectivity index (χ1n) is 10.6. The van der Waals surface area contributed by atoms with Crippen LogP contribution in [0.3, 0.4) is 0 Å². The van der Waals surface area contributed by atoms with Crippen molar-refractivity contribution in [1.29, 1.82) is 0 Å². The Morgan fingerprint density at radius 3 is 2.67 bits per heavy atom. The van der Waals surface area contributed by atoms with Crippen LogP contribution in [0.1, 0.15) is 18.7 Å². The zero-order valence-electron chi connectivity index (χ0n) is 18.8. The average molecular weight is 448 g/mol. The molecule has 11 nitrogen and oxygen atoms in total. The van der Waals surface area contributed by atoms with Gasteiger partial charge in [-0.05, 0) is 31.9 Å². The molecule has 0 aliphatic heterocycles. The summed E-state index contributed by atoms with van der Waals surface area (Å²) in [5, 5.41) is 13.8. The normalized spacial score (nSPS) is 13.3. The van der Waals surface area contributed by atoms with Crippen LogP contribution in [0.25, 0.3) is 22.4 Å². The summed E-state index contributed by atoms with van der Waals surface area (Å²) in [6, 6.07) is 7.27. The van der Waals surface area contributed by atoms with Gasteiger partial charge in [0, 0.05) is 26.1 Å². The molecule has 1 aromatic carbocycles. The molecule has 1 aliphatic carbocycles. The van der Waals surface area contributed by atoms with Gasteiger partial charge in [0.25, 0.3) is 5.56 Å². The summed E-state index contributed by atoms with van der Waals surface area (Å²) in [5.41, 5.74) is 2.01. The summed E-state index contributed by atoms with van der Waals surface area (Å²) in [7, 11) is 5.01. The second-order valence-corrected chi connectivity index (χ2v) is 8.14. The van der Waals surface area contributed by atoms with Crippen molar-refractivity contribution in [1.82, 2.24) is 29.5 Å². The number of carbonyl (C=O) groups is 1. The molecule has 3 N–H and O–H groups in total. The molecule has 1 fully saturated rings. The Balaban J connectivity index is 1.61. The molecule has 170 valence electrons. The highest BCUT2D eigenvalue weighted by Crippen LogP contribution is 2.38. The molecule has 1 amide bonds. The smallest absolute Gasteiger partial charge is 0.277 e. The number of para-hydroxylation sites is 1. The van der Waals surface area contributed by atoms with Crippen LogP contribution in [-0.2, 0) is 18.9 Å². The summed E-state index contributed by atoms with van der Waals surface area (Å²) < 4.78 is 8.77. The quantitative estimate of drug-likeness (QED) is 0.413. The number of carbonyl (C=O) groups excluding carboxylic acids is 1. The number of H-pyrrole nitrogens is 1. The Labute approximate surface area is 188 Å². The van der Waals surface area contributed by atoms with Gasteiger partial charge in [-0.25, -0.2) is 14.6 Å². The standard InChI is InChI=1S/C22H24N8O3/c1-11-23-20(29(2)27-11)13-6-5-7-14(18(13)33-4)24-15-10-16(26-21(31)12-8-9-12)25-19-17(15)22(32)30(3)28-19/h5-7,10,12H,8-9H2,1-4H3,(H3,24,25,26,28,31). The van der Waals surface area contributed by atoms with Gasteiger partial charge >= 0.3 is 0 Å². The Morgan fingerprint density at radius 2 is 2.00 bits per heavy atom. The van der Waals surface area contributed by atoms with Crippen LogP contribution in [0.5, 0.6) is 5.75 Å². The van der Waals surface area contributed by atoms with Crippen LogP contribution in [0.4, 0.5) is 17.2 Å². The van der Waals surface area contributed by atoms with Crippen LogP contribution >= 0.6 is 0 Å². The van der Waals surface area contributed by atoms with Crippen LogP contribution < -0.4 is 20.9 Å². The van der Waals surface area contributed by atoms with Gasteiger partial charge in [0.1, 0.15) is 17.0 Å². The predicted octanol–water partition coefficient (Wildman–Crippen LogP) is 2.47. The molecule has 0 bridgehead atoms. The Hall–Kier alpha value is -4.15. The fourth-order valence-corrected chi connectivity index (χ4v) is 3.88. The van der Waals surface area contributed by atoms with E-state index in [1.54, 1.807) is 24.9 Å². The number of aromatic nitrogens is 6. The van der Waals surface area contributed by atoms with Crippen molar-refractivity contribution in [2.24, 2.45) is 20.0 Å². The van der Waals surface area contributed by atoms with Crippen molar-refractivity contribution in [3.8, 4) is 17.1 Å². The topological polar surface area (TPSA) is 132 Å². The molecule has 1 aliphatic rings. The van der Waals surface area contributed by atoms with Crippen molar-refractivity contribution in [2.45, 2.75) is 19.8 Å². The molecule has 0 unspecified atom stereocenters. The number of hydrogen-bond acceptors (Lipinski definition) is 7. The SMILES string of the molecule is COc1c(Nc2cc(NC(=O)C3CC3)nc3[nH]n(C)c(=O)c23)cccc1-c1nc(C)nn1C. The average Bonchev–Trinajstić information content (AvgIpc) is 3.51. The van der Waals surface area contributed by atoms with E-state index in [9.17, 15) is 9.59 Å². The molecule has 1 saturated carbocycles. The zero-order chi connectivity index (χ0) is 23.3. The Kier molecular flexibility index (Phi) is 4.88. The fourth-order valence-electron chi connectivity index (χ4n) is 3.88. The van der Waals surface area contributed by atoms with Gasteiger partial charge < -0.3 is 15.4 Å². The van der Waals surface area contributed by atoms with Gasteiger partial charge in [0.05, 0.1) is 24.0 Å². The molecular weight excluding hydrogens is 424 g/mol. The van der Waals surface area contributed by atoms with Crippen molar-refractivity contribution in [3.05, 3.63) is 40.4 Å². The van der Waals surface area contributed by atoms with E-state index in [0.717, 1.165) is 18.4 Å². The predicted molar refractivity (Wildman–Crippen MR) is 124 cm³/mol. The van der Waals surface area contributed by atoms with E-state index in [-0.39, 0.29) is 17.4 Å². The number of ether oxygens (including phenoxy) is 1. The Bertz CT molecular complexity index is 1440. The summed E-state index contributed by atoms with van der Waals surface area (Å²) in [6.45, 7) is 1.82. The minimum atomic E-state index is -0.237. The molecule has 0 atom stereocenters. The lowest BCUT2D eigenvalue weighted by molar-refractivity contribution is -0.117. The highest BCUT2D eigenvalue weighted by molar-refractivity contribution is 5.98. The van der Waals surface area contributed by atoms with Gasteiger partial charge in [-0.1, -0.05) is 6.07 Å². The second kappa shape index (κ2) is 7.76. The number of aromatic amines is 1. The molecular formula is C22H24N8O3. The maximum absolute atomic E-state index is 12.8. The molecule has 3 heterocycles. The number of hydrogen-bond donors (Lipinski definition) is 3. The highest BCUT2D eigenvalue weighted by atomic mass is 16.5. The first-order valence-corrected chi connectivity index (χ1v) is 10.6. The molecule has 4 aromatic rings. The van der Waals surface area contributed by atoms with E-state index in [4.69, 9.17) is 4.74 Å². The molecule has 33 heavy (non-hydrogen) atoms. The third-order valence-electron chi connectivity index (χ3n) is 5.61. The largest absolute Gasteiger partial charge is 0.494 e. The monoisotopic (exact) mass is 448 g/mol. The first kappa shape index (κ1) is 20.7. The van der Waals surface area contributed by atoms with Gasteiger partial charge in [0.2, 0.25) is 5.91 Å². The van der Waals surface area contributed by atoms with Crippen LogP contribution in [-0.4, -0.2) is 42.5 Å². The van der Waals surface area contributed by atoms with Crippen molar-refractivity contribution >= 4 is 34.1 Å². The van der Waals surface area contributed by atoms with E-state index in [1.807, 2.05) is 32.2 Å². The van der Waals surface area contributed by atoms with Crippen molar-refractivity contribution in [3.63, 3.8) is 0 Å². The number of amides is 1. The molecule has 5 rings (SSSR count). The number of anilines is 3. The third-order valence-corrected chi connectivity index (χ3v) is 5.61. The lowest BCUT2D eigenvalue weighted by atomic mass is 10.1. The number of benzene rings is 1. The number of rotatable bonds is 6. The van der Waals surface area contributed by atoms with Crippen molar-refractivity contribution in [2.75, 3.05) is 17.7 Å². The summed E-state index contributed by atoms with van der Waals surface area (Å²) in [6.07, 6.45) is 1.76. The van der Waals surface area contributed by atoms with Crippen LogP contribution in [0, 0.1) is 12.8 Å². The van der Waals surface area contributed by atoms with Crippen LogP contribution in [0.2, 0.25) is 0 Å². The minimum Gasteiger partial charge on any atom is -0.494 e. The number of pyridine rings is 1. The fraction of sp³-hybridized carbons (Fsp3) is 0.318. The molecule has 0 radical (unpaired) electrons. The molecule has 0 spiro atoms. The van der Waals surface area contributed by atoms with Gasteiger partial charge in [0.15, 0.2) is 17.2 Å². The number of nitrogens with zero attached hydrogens (tertiary/aromatic N) is 5. The van der Waals surface area contributed by atoms with Crippen LogP contribution in [0.15, 0.2) is 29.1 Å². The maximum atomic E-state index is 12.8. The van der Waals surface area contributed by atoms with Gasteiger partial charge in [-0.2, -0.15) is 5.10 Å². The molecule has 3 aromatic heterocycles. The second-order valence-electron chi connectivity index (χ2n) is 8.14. The molecule has 11 heteroatoms. The first-order chi connectivity index (χ1) is 15.9. The maximum Gasteiger partial charge on any atom is 0.277 e. The van der Waals surface area contributed by atoms with E-state index in [0.29, 0.717) is 45.6 Å². The van der Waals surface area contributed by atoms with E-state index >= 15 is 0 Å². The highest BCUT2D eigenvalue weighted by Gasteiger charge is 2.30. The summed E-state index contributed by atoms with van der Waals surface area (Å²) >= 11 is 0. The van der Waals surface area contributed by atoms with E-state index in [1.165, 1.54) is 4.68 Å². The number of fused-ring (bicyclic) bond motifs is 1. The molecule has 0 saturated heterocycles. The van der Waals surface area contributed by atoms with E-state index in [2.05, 4.69) is 30.8 Å².